The number of aliphatic hydroxyl groups is 1. The standard InChI is InChI=1S/C14H22N2O/c1-11(10-17)14(16-8-2-3-9-16)12-4-6-13(15)7-5-12/h4-7,11,14,17H,2-3,8-10,15H2,1H3. The van der Waals surface area contributed by atoms with Gasteiger partial charge in [0.15, 0.2) is 0 Å². The Bertz CT molecular complexity index is 344. The molecule has 1 fully saturated rings. The van der Waals surface area contributed by atoms with E-state index in [9.17, 15) is 5.11 Å². The number of hydrogen-bond donors (Lipinski definition) is 2. The molecule has 0 aromatic heterocycles. The molecule has 0 bridgehead atoms. The molecule has 0 saturated carbocycles. The van der Waals surface area contributed by atoms with Gasteiger partial charge in [-0.05, 0) is 49.5 Å². The Kier molecular flexibility index (Phi) is 4.02. The van der Waals surface area contributed by atoms with Crippen LogP contribution >= 0.6 is 0 Å². The molecule has 17 heavy (non-hydrogen) atoms. The maximum Gasteiger partial charge on any atom is 0.0474 e. The van der Waals surface area contributed by atoms with Crippen LogP contribution in [-0.4, -0.2) is 29.7 Å². The predicted octanol–water partition coefficient (Wildman–Crippen LogP) is 2.03. The minimum Gasteiger partial charge on any atom is -0.399 e. The maximum absolute atomic E-state index is 9.43. The summed E-state index contributed by atoms with van der Waals surface area (Å²) in [7, 11) is 0. The lowest BCUT2D eigenvalue weighted by Gasteiger charge is -2.32. The zero-order valence-electron chi connectivity index (χ0n) is 10.5. The van der Waals surface area contributed by atoms with Gasteiger partial charge < -0.3 is 10.8 Å². The van der Waals surface area contributed by atoms with E-state index < -0.39 is 0 Å². The minimum absolute atomic E-state index is 0.228. The van der Waals surface area contributed by atoms with Crippen molar-refractivity contribution in [3.05, 3.63) is 29.8 Å². The van der Waals surface area contributed by atoms with Crippen LogP contribution in [0.2, 0.25) is 0 Å². The van der Waals surface area contributed by atoms with Crippen molar-refractivity contribution in [3.8, 4) is 0 Å². The first-order valence-corrected chi connectivity index (χ1v) is 6.42. The molecule has 2 atom stereocenters. The van der Waals surface area contributed by atoms with Crippen molar-refractivity contribution < 1.29 is 5.11 Å². The summed E-state index contributed by atoms with van der Waals surface area (Å²) >= 11 is 0. The third kappa shape index (κ3) is 2.79. The average Bonchev–Trinajstić information content (AvgIpc) is 2.85. The van der Waals surface area contributed by atoms with Gasteiger partial charge in [-0.3, -0.25) is 4.90 Å². The molecule has 1 aliphatic rings. The highest BCUT2D eigenvalue weighted by Crippen LogP contribution is 2.31. The number of nitrogen functional groups attached to an aromatic ring is 1. The number of anilines is 1. The molecule has 2 unspecified atom stereocenters. The molecule has 0 amide bonds. The second-order valence-electron chi connectivity index (χ2n) is 5.01. The fourth-order valence-corrected chi connectivity index (χ4v) is 2.71. The Hall–Kier alpha value is -1.06. The van der Waals surface area contributed by atoms with Crippen molar-refractivity contribution >= 4 is 5.69 Å². The van der Waals surface area contributed by atoms with E-state index in [-0.39, 0.29) is 12.5 Å². The zero-order chi connectivity index (χ0) is 12.3. The predicted molar refractivity (Wildman–Crippen MR) is 70.7 cm³/mol. The van der Waals surface area contributed by atoms with Crippen LogP contribution in [0.4, 0.5) is 5.69 Å². The van der Waals surface area contributed by atoms with Crippen LogP contribution in [0.3, 0.4) is 0 Å². The number of rotatable bonds is 4. The van der Waals surface area contributed by atoms with Crippen LogP contribution in [0.15, 0.2) is 24.3 Å². The highest BCUT2D eigenvalue weighted by Gasteiger charge is 2.27. The molecular formula is C14H22N2O. The molecule has 0 radical (unpaired) electrons. The normalized spacial score (nSPS) is 20.4. The SMILES string of the molecule is CC(CO)C(c1ccc(N)cc1)N1CCCC1. The van der Waals surface area contributed by atoms with Gasteiger partial charge in [-0.1, -0.05) is 19.1 Å². The molecule has 3 N–H and O–H groups in total. The Labute approximate surface area is 103 Å². The lowest BCUT2D eigenvalue weighted by molar-refractivity contribution is 0.126. The summed E-state index contributed by atoms with van der Waals surface area (Å²) in [6, 6.07) is 8.39. The molecule has 1 heterocycles. The van der Waals surface area contributed by atoms with E-state index in [1.165, 1.54) is 18.4 Å². The van der Waals surface area contributed by atoms with Crippen molar-refractivity contribution in [1.82, 2.24) is 4.90 Å². The molecule has 0 aliphatic carbocycles. The fraction of sp³-hybridized carbons (Fsp3) is 0.571. The summed E-state index contributed by atoms with van der Waals surface area (Å²) in [5, 5.41) is 9.43. The zero-order valence-corrected chi connectivity index (χ0v) is 10.5. The van der Waals surface area contributed by atoms with Gasteiger partial charge >= 0.3 is 0 Å². The summed E-state index contributed by atoms with van der Waals surface area (Å²) in [6.45, 7) is 4.61. The molecular weight excluding hydrogens is 212 g/mol. The average molecular weight is 234 g/mol. The van der Waals surface area contributed by atoms with Crippen LogP contribution in [0.1, 0.15) is 31.4 Å². The molecule has 3 heteroatoms. The molecule has 2 rings (SSSR count). The van der Waals surface area contributed by atoms with Crippen LogP contribution in [0.25, 0.3) is 0 Å². The Balaban J connectivity index is 2.22. The van der Waals surface area contributed by atoms with Crippen molar-refractivity contribution in [2.24, 2.45) is 5.92 Å². The Morgan fingerprint density at radius 2 is 1.82 bits per heavy atom. The van der Waals surface area contributed by atoms with Crippen LogP contribution in [0.5, 0.6) is 0 Å². The van der Waals surface area contributed by atoms with Crippen molar-refractivity contribution in [2.75, 3.05) is 25.4 Å². The number of likely N-dealkylation sites (tertiary alicyclic amines) is 1. The van der Waals surface area contributed by atoms with Gasteiger partial charge in [0.2, 0.25) is 0 Å². The first-order chi connectivity index (χ1) is 8.22. The first kappa shape index (κ1) is 12.4. The van der Waals surface area contributed by atoms with Gasteiger partial charge in [0.25, 0.3) is 0 Å². The third-order valence-corrected chi connectivity index (χ3v) is 3.64. The summed E-state index contributed by atoms with van der Waals surface area (Å²) < 4.78 is 0. The van der Waals surface area contributed by atoms with Gasteiger partial charge in [-0.2, -0.15) is 0 Å². The molecule has 3 nitrogen and oxygen atoms in total. The number of nitrogens with two attached hydrogens (primary N) is 1. The number of benzene rings is 1. The van der Waals surface area contributed by atoms with Crippen LogP contribution < -0.4 is 5.73 Å². The highest BCUT2D eigenvalue weighted by atomic mass is 16.3. The van der Waals surface area contributed by atoms with E-state index in [0.29, 0.717) is 6.04 Å². The van der Waals surface area contributed by atoms with Crippen molar-refractivity contribution in [2.45, 2.75) is 25.8 Å². The van der Waals surface area contributed by atoms with Gasteiger partial charge in [-0.25, -0.2) is 0 Å². The topological polar surface area (TPSA) is 49.5 Å². The van der Waals surface area contributed by atoms with E-state index in [1.54, 1.807) is 0 Å². The molecule has 0 spiro atoms. The summed E-state index contributed by atoms with van der Waals surface area (Å²) in [5.41, 5.74) is 7.79. The van der Waals surface area contributed by atoms with E-state index >= 15 is 0 Å². The number of hydrogen-bond acceptors (Lipinski definition) is 3. The van der Waals surface area contributed by atoms with Gasteiger partial charge in [-0.15, -0.1) is 0 Å². The first-order valence-electron chi connectivity index (χ1n) is 6.42. The fourth-order valence-electron chi connectivity index (χ4n) is 2.71. The smallest absolute Gasteiger partial charge is 0.0474 e. The Morgan fingerprint density at radius 3 is 2.35 bits per heavy atom. The Morgan fingerprint density at radius 1 is 1.24 bits per heavy atom. The van der Waals surface area contributed by atoms with E-state index in [1.807, 2.05) is 12.1 Å². The van der Waals surface area contributed by atoms with E-state index in [0.717, 1.165) is 18.8 Å². The third-order valence-electron chi connectivity index (χ3n) is 3.64. The second-order valence-corrected chi connectivity index (χ2v) is 5.01. The summed E-state index contributed by atoms with van der Waals surface area (Å²) in [6.07, 6.45) is 2.53. The molecule has 94 valence electrons. The van der Waals surface area contributed by atoms with Gasteiger partial charge in [0.05, 0.1) is 0 Å². The van der Waals surface area contributed by atoms with Gasteiger partial charge in [0.1, 0.15) is 0 Å². The largest absolute Gasteiger partial charge is 0.399 e. The molecule has 1 aliphatic heterocycles. The van der Waals surface area contributed by atoms with E-state index in [2.05, 4.69) is 24.0 Å². The van der Waals surface area contributed by atoms with Crippen molar-refractivity contribution in [1.29, 1.82) is 0 Å². The van der Waals surface area contributed by atoms with Gasteiger partial charge in [0, 0.05) is 18.3 Å². The summed E-state index contributed by atoms with van der Waals surface area (Å²) in [4.78, 5) is 2.48. The lowest BCUT2D eigenvalue weighted by atomic mass is 9.93. The molecule has 1 saturated heterocycles. The van der Waals surface area contributed by atoms with E-state index in [4.69, 9.17) is 5.73 Å². The maximum atomic E-state index is 9.43. The monoisotopic (exact) mass is 234 g/mol. The quantitative estimate of drug-likeness (QED) is 0.784. The van der Waals surface area contributed by atoms with Crippen molar-refractivity contribution in [3.63, 3.8) is 0 Å². The molecule has 1 aromatic rings. The molecule has 1 aromatic carbocycles. The minimum atomic E-state index is 0.228. The second kappa shape index (κ2) is 5.52. The number of nitrogens with zero attached hydrogens (tertiary/aromatic N) is 1. The summed E-state index contributed by atoms with van der Waals surface area (Å²) in [5.74, 6) is 0.261. The lowest BCUT2D eigenvalue weighted by Crippen LogP contribution is -2.31. The highest BCUT2D eigenvalue weighted by molar-refractivity contribution is 5.40. The van der Waals surface area contributed by atoms with Crippen LogP contribution in [-0.2, 0) is 0 Å². The van der Waals surface area contributed by atoms with Crippen LogP contribution in [0, 0.1) is 5.92 Å². The number of aliphatic hydroxyl groups excluding tert-OH is 1.